The van der Waals surface area contributed by atoms with Crippen molar-refractivity contribution in [2.45, 2.75) is 36.9 Å². The molecule has 162 valence electrons. The number of amidine groups is 1. The van der Waals surface area contributed by atoms with Crippen LogP contribution in [0.15, 0.2) is 39.9 Å². The average Bonchev–Trinajstić information content (AvgIpc) is 3.12. The number of halogens is 3. The van der Waals surface area contributed by atoms with Crippen LogP contribution in [-0.4, -0.2) is 34.0 Å². The van der Waals surface area contributed by atoms with Gasteiger partial charge >= 0.3 is 0 Å². The van der Waals surface area contributed by atoms with E-state index in [9.17, 15) is 9.18 Å². The number of carbonyl (C=O) groups excluding carboxylic acids is 1. The van der Waals surface area contributed by atoms with E-state index < -0.39 is 17.3 Å². The Hall–Kier alpha value is -1.84. The number of nitrogens with one attached hydrogen (secondary N) is 1. The van der Waals surface area contributed by atoms with Gasteiger partial charge < -0.3 is 15.8 Å². The molecule has 3 heterocycles. The van der Waals surface area contributed by atoms with Gasteiger partial charge in [-0.25, -0.2) is 14.4 Å². The number of rotatable bonds is 2. The molecule has 1 fully saturated rings. The summed E-state index contributed by atoms with van der Waals surface area (Å²) in [6.07, 6.45) is 3.36. The number of aliphatic imine (C=N–C) groups is 1. The van der Waals surface area contributed by atoms with Crippen molar-refractivity contribution in [2.75, 3.05) is 5.75 Å². The molecule has 2 aromatic rings. The topological polar surface area (TPSA) is 89.6 Å². The highest BCUT2D eigenvalue weighted by Crippen LogP contribution is 2.54. The molecule has 1 amide bonds. The van der Waals surface area contributed by atoms with Crippen molar-refractivity contribution < 1.29 is 13.9 Å². The van der Waals surface area contributed by atoms with E-state index >= 15 is 0 Å². The highest BCUT2D eigenvalue weighted by molar-refractivity contribution is 9.10. The van der Waals surface area contributed by atoms with Gasteiger partial charge in [-0.1, -0.05) is 39.3 Å². The number of ether oxygens (including phenoxy) is 1. The Balaban J connectivity index is 1.43. The second-order valence-electron chi connectivity index (χ2n) is 8.03. The van der Waals surface area contributed by atoms with Gasteiger partial charge in [-0.15, -0.1) is 0 Å². The molecule has 3 aliphatic rings. The molecule has 0 radical (unpaired) electrons. The number of amides is 1. The molecule has 0 bridgehead atoms. The van der Waals surface area contributed by atoms with E-state index in [2.05, 4.69) is 26.2 Å². The van der Waals surface area contributed by atoms with Gasteiger partial charge in [-0.2, -0.15) is 0 Å². The number of thioether (sulfide) groups is 1. The van der Waals surface area contributed by atoms with Crippen molar-refractivity contribution in [3.05, 3.63) is 57.0 Å². The third kappa shape index (κ3) is 3.70. The summed E-state index contributed by atoms with van der Waals surface area (Å²) in [5, 5.41) is 3.65. The Bertz CT molecular complexity index is 1100. The summed E-state index contributed by atoms with van der Waals surface area (Å²) < 4.78 is 21.4. The quantitative estimate of drug-likeness (QED) is 0.612. The molecule has 1 spiro atoms. The minimum absolute atomic E-state index is 0.0255. The van der Waals surface area contributed by atoms with Crippen LogP contribution in [-0.2, 0) is 5.54 Å². The number of benzene rings is 1. The van der Waals surface area contributed by atoms with Crippen LogP contribution in [0, 0.1) is 11.7 Å². The molecule has 0 saturated heterocycles. The Morgan fingerprint density at radius 3 is 2.97 bits per heavy atom. The first-order valence-corrected chi connectivity index (χ1v) is 12.1. The van der Waals surface area contributed by atoms with Gasteiger partial charge in [0, 0.05) is 33.9 Å². The fourth-order valence-corrected chi connectivity index (χ4v) is 6.37. The van der Waals surface area contributed by atoms with Gasteiger partial charge in [-0.05, 0) is 43.5 Å². The number of pyridine rings is 1. The first-order valence-electron chi connectivity index (χ1n) is 9.92. The maximum atomic E-state index is 14.1. The SMILES string of the molecule is NC1=NC2(CS1)c1cc(Br)ccc1O[C@H]1CC[C@H](NC(=O)c3ncc(Cl)cc3F)CC12. The van der Waals surface area contributed by atoms with Crippen LogP contribution < -0.4 is 15.8 Å². The summed E-state index contributed by atoms with van der Waals surface area (Å²) in [6, 6.07) is 6.91. The Kier molecular flexibility index (Phi) is 5.38. The fraction of sp³-hybridized carbons (Fsp3) is 0.381. The first-order chi connectivity index (χ1) is 14.9. The Labute approximate surface area is 196 Å². The molecule has 2 unspecified atom stereocenters. The van der Waals surface area contributed by atoms with Crippen molar-refractivity contribution in [3.8, 4) is 5.75 Å². The van der Waals surface area contributed by atoms with E-state index in [0.29, 0.717) is 11.6 Å². The second-order valence-corrected chi connectivity index (χ2v) is 10.4. The van der Waals surface area contributed by atoms with Crippen molar-refractivity contribution in [1.82, 2.24) is 10.3 Å². The van der Waals surface area contributed by atoms with Gasteiger partial charge in [0.25, 0.3) is 5.91 Å². The first kappa shape index (κ1) is 21.0. The van der Waals surface area contributed by atoms with Crippen molar-refractivity contribution in [2.24, 2.45) is 16.6 Å². The van der Waals surface area contributed by atoms with E-state index in [1.54, 1.807) is 11.8 Å². The molecule has 4 atom stereocenters. The van der Waals surface area contributed by atoms with E-state index in [4.69, 9.17) is 27.1 Å². The molecular weight excluding hydrogens is 507 g/mol. The molecule has 31 heavy (non-hydrogen) atoms. The van der Waals surface area contributed by atoms with Crippen molar-refractivity contribution in [3.63, 3.8) is 0 Å². The normalized spacial score (nSPS) is 29.0. The molecule has 6 nitrogen and oxygen atoms in total. The van der Waals surface area contributed by atoms with Gasteiger partial charge in [0.2, 0.25) is 0 Å². The summed E-state index contributed by atoms with van der Waals surface area (Å²) in [5.41, 5.74) is 6.35. The number of hydrogen-bond donors (Lipinski definition) is 2. The minimum atomic E-state index is -0.737. The van der Waals surface area contributed by atoms with Crippen molar-refractivity contribution >= 4 is 50.4 Å². The lowest BCUT2D eigenvalue weighted by Crippen LogP contribution is -2.54. The lowest BCUT2D eigenvalue weighted by atomic mass is 9.67. The molecule has 1 aliphatic carbocycles. The molecule has 1 aromatic carbocycles. The van der Waals surface area contributed by atoms with E-state index in [1.807, 2.05) is 18.2 Å². The summed E-state index contributed by atoms with van der Waals surface area (Å²) in [7, 11) is 0. The Morgan fingerprint density at radius 1 is 1.39 bits per heavy atom. The number of nitrogens with two attached hydrogens (primary N) is 1. The molecule has 2 aliphatic heterocycles. The van der Waals surface area contributed by atoms with Crippen molar-refractivity contribution in [1.29, 1.82) is 0 Å². The lowest BCUT2D eigenvalue weighted by molar-refractivity contribution is 0.0155. The number of aromatic nitrogens is 1. The maximum Gasteiger partial charge on any atom is 0.273 e. The van der Waals surface area contributed by atoms with Gasteiger partial charge in [-0.3, -0.25) is 4.79 Å². The smallest absolute Gasteiger partial charge is 0.273 e. The van der Waals surface area contributed by atoms with E-state index in [0.717, 1.165) is 40.4 Å². The fourth-order valence-electron chi connectivity index (χ4n) is 4.83. The summed E-state index contributed by atoms with van der Waals surface area (Å²) in [4.78, 5) is 21.4. The number of carbonyl (C=O) groups is 1. The standard InChI is InChI=1S/C21H19BrClFN4O2S/c22-10-1-3-16-13(5-10)21(9-31-20(25)28-21)14-7-12(2-4-17(14)30-16)27-19(29)18-15(24)6-11(23)8-26-18/h1,3,5-6,8,12,14,17H,2,4,7,9H2,(H2,25,28)(H,27,29)/t12-,14?,17-,21?/m0/s1. The zero-order valence-electron chi connectivity index (χ0n) is 16.3. The predicted octanol–water partition coefficient (Wildman–Crippen LogP) is 4.25. The third-order valence-corrected chi connectivity index (χ3v) is 7.87. The largest absolute Gasteiger partial charge is 0.490 e. The average molecular weight is 526 g/mol. The zero-order valence-corrected chi connectivity index (χ0v) is 19.4. The van der Waals surface area contributed by atoms with Crippen LogP contribution in [0.3, 0.4) is 0 Å². The predicted molar refractivity (Wildman–Crippen MR) is 122 cm³/mol. The number of fused-ring (bicyclic) bond motifs is 4. The number of nitrogens with zero attached hydrogens (tertiary/aromatic N) is 2. The molecule has 1 aromatic heterocycles. The van der Waals surface area contributed by atoms with Gasteiger partial charge in [0.05, 0.1) is 5.02 Å². The Morgan fingerprint density at radius 2 is 2.23 bits per heavy atom. The molecule has 3 N–H and O–H groups in total. The van der Waals surface area contributed by atoms with Crippen LogP contribution >= 0.6 is 39.3 Å². The van der Waals surface area contributed by atoms with E-state index in [-0.39, 0.29) is 28.8 Å². The lowest BCUT2D eigenvalue weighted by Gasteiger charge is -2.48. The van der Waals surface area contributed by atoms with Crippen LogP contribution in [0.2, 0.25) is 5.02 Å². The highest BCUT2D eigenvalue weighted by Gasteiger charge is 2.54. The highest BCUT2D eigenvalue weighted by atomic mass is 79.9. The molecule has 5 rings (SSSR count). The monoisotopic (exact) mass is 524 g/mol. The van der Waals surface area contributed by atoms with Crippen LogP contribution in [0.5, 0.6) is 5.75 Å². The van der Waals surface area contributed by atoms with Gasteiger partial charge in [0.15, 0.2) is 16.7 Å². The molecular formula is C21H19BrClFN4O2S. The third-order valence-electron chi connectivity index (χ3n) is 6.19. The summed E-state index contributed by atoms with van der Waals surface area (Å²) >= 11 is 10.8. The minimum Gasteiger partial charge on any atom is -0.490 e. The van der Waals surface area contributed by atoms with Crippen LogP contribution in [0.25, 0.3) is 0 Å². The second kappa shape index (κ2) is 7.94. The molecule has 10 heteroatoms. The van der Waals surface area contributed by atoms with Crippen LogP contribution in [0.4, 0.5) is 4.39 Å². The molecule has 1 saturated carbocycles. The maximum absolute atomic E-state index is 14.1. The summed E-state index contributed by atoms with van der Waals surface area (Å²) in [5.74, 6) is 0.305. The van der Waals surface area contributed by atoms with Crippen LogP contribution in [0.1, 0.15) is 35.3 Å². The zero-order chi connectivity index (χ0) is 21.8. The van der Waals surface area contributed by atoms with Gasteiger partial charge in [0.1, 0.15) is 17.4 Å². The van der Waals surface area contributed by atoms with E-state index in [1.165, 1.54) is 6.20 Å². The number of hydrogen-bond acceptors (Lipinski definition) is 6. The summed E-state index contributed by atoms with van der Waals surface area (Å²) in [6.45, 7) is 0.